The third-order valence-electron chi connectivity index (χ3n) is 3.05. The number of amides is 1. The Balaban J connectivity index is 2.68. The zero-order valence-corrected chi connectivity index (χ0v) is 11.9. The van der Waals surface area contributed by atoms with Crippen LogP contribution in [0.3, 0.4) is 0 Å². The van der Waals surface area contributed by atoms with Crippen molar-refractivity contribution in [3.8, 4) is 0 Å². The maximum absolute atomic E-state index is 12.0. The molecule has 0 saturated heterocycles. The van der Waals surface area contributed by atoms with Crippen LogP contribution >= 0.6 is 0 Å². The van der Waals surface area contributed by atoms with E-state index in [9.17, 15) is 9.59 Å². The van der Waals surface area contributed by atoms with Crippen LogP contribution in [0.5, 0.6) is 0 Å². The van der Waals surface area contributed by atoms with E-state index in [0.717, 1.165) is 11.1 Å². The summed E-state index contributed by atoms with van der Waals surface area (Å²) >= 11 is 0. The standard InChI is InChI=1S/C15H21NO3/c1-10(2)14(15(18)19-4)16-13(17)9-12-8-6-5-7-11(12)3/h5-8,10,14H,9H2,1-4H3,(H,16,17). The highest BCUT2D eigenvalue weighted by Crippen LogP contribution is 2.09. The second kappa shape index (κ2) is 6.92. The van der Waals surface area contributed by atoms with Crippen LogP contribution < -0.4 is 5.32 Å². The SMILES string of the molecule is COC(=O)C(NC(=O)Cc1ccccc1C)C(C)C. The molecular weight excluding hydrogens is 242 g/mol. The van der Waals surface area contributed by atoms with E-state index in [-0.39, 0.29) is 18.2 Å². The summed E-state index contributed by atoms with van der Waals surface area (Å²) in [6.07, 6.45) is 0.271. The first-order chi connectivity index (χ1) is 8.95. The van der Waals surface area contributed by atoms with E-state index in [4.69, 9.17) is 4.74 Å². The van der Waals surface area contributed by atoms with Crippen molar-refractivity contribution in [1.82, 2.24) is 5.32 Å². The van der Waals surface area contributed by atoms with Crippen molar-refractivity contribution >= 4 is 11.9 Å². The van der Waals surface area contributed by atoms with Gasteiger partial charge in [-0.1, -0.05) is 38.1 Å². The summed E-state index contributed by atoms with van der Waals surface area (Å²) in [6.45, 7) is 5.70. The molecule has 1 aromatic rings. The molecule has 1 atom stereocenters. The number of ether oxygens (including phenoxy) is 1. The largest absolute Gasteiger partial charge is 0.467 e. The smallest absolute Gasteiger partial charge is 0.328 e. The number of rotatable bonds is 5. The Morgan fingerprint density at radius 2 is 1.89 bits per heavy atom. The summed E-state index contributed by atoms with van der Waals surface area (Å²) in [7, 11) is 1.32. The van der Waals surface area contributed by atoms with Crippen LogP contribution in [0.4, 0.5) is 0 Å². The Hall–Kier alpha value is -1.84. The monoisotopic (exact) mass is 263 g/mol. The molecule has 1 N–H and O–H groups in total. The van der Waals surface area contributed by atoms with Gasteiger partial charge in [-0.25, -0.2) is 4.79 Å². The zero-order chi connectivity index (χ0) is 14.4. The molecule has 0 radical (unpaired) electrons. The van der Waals surface area contributed by atoms with E-state index < -0.39 is 12.0 Å². The summed E-state index contributed by atoms with van der Waals surface area (Å²) in [4.78, 5) is 23.6. The average Bonchev–Trinajstić information content (AvgIpc) is 2.37. The van der Waals surface area contributed by atoms with Gasteiger partial charge in [0, 0.05) is 0 Å². The number of carbonyl (C=O) groups excluding carboxylic acids is 2. The fraction of sp³-hybridized carbons (Fsp3) is 0.467. The lowest BCUT2D eigenvalue weighted by Gasteiger charge is -2.20. The molecule has 19 heavy (non-hydrogen) atoms. The predicted octanol–water partition coefficient (Wildman–Crippen LogP) is 1.85. The van der Waals surface area contributed by atoms with Crippen LogP contribution in [-0.2, 0) is 20.7 Å². The van der Waals surface area contributed by atoms with Gasteiger partial charge < -0.3 is 10.1 Å². The third-order valence-corrected chi connectivity index (χ3v) is 3.05. The molecule has 1 rings (SSSR count). The molecule has 4 nitrogen and oxygen atoms in total. The van der Waals surface area contributed by atoms with Gasteiger partial charge in [-0.3, -0.25) is 4.79 Å². The number of methoxy groups -OCH3 is 1. The van der Waals surface area contributed by atoms with Gasteiger partial charge in [-0.15, -0.1) is 0 Å². The van der Waals surface area contributed by atoms with Crippen molar-refractivity contribution in [2.24, 2.45) is 5.92 Å². The first-order valence-corrected chi connectivity index (χ1v) is 6.37. The van der Waals surface area contributed by atoms with Gasteiger partial charge in [0.25, 0.3) is 0 Å². The molecule has 0 spiro atoms. The highest BCUT2D eigenvalue weighted by Gasteiger charge is 2.24. The molecule has 0 aromatic heterocycles. The molecule has 0 aliphatic heterocycles. The Morgan fingerprint density at radius 3 is 2.42 bits per heavy atom. The fourth-order valence-corrected chi connectivity index (χ4v) is 1.83. The first kappa shape index (κ1) is 15.2. The zero-order valence-electron chi connectivity index (χ0n) is 11.9. The van der Waals surface area contributed by atoms with Gasteiger partial charge in [-0.2, -0.15) is 0 Å². The summed E-state index contributed by atoms with van der Waals surface area (Å²) in [6, 6.07) is 7.11. The number of carbonyl (C=O) groups is 2. The van der Waals surface area contributed by atoms with Gasteiger partial charge in [-0.05, 0) is 24.0 Å². The van der Waals surface area contributed by atoms with Crippen molar-refractivity contribution < 1.29 is 14.3 Å². The molecule has 0 aliphatic carbocycles. The second-order valence-electron chi connectivity index (χ2n) is 4.92. The second-order valence-corrected chi connectivity index (χ2v) is 4.92. The van der Waals surface area contributed by atoms with Crippen molar-refractivity contribution in [2.75, 3.05) is 7.11 Å². The van der Waals surface area contributed by atoms with Crippen molar-refractivity contribution in [3.63, 3.8) is 0 Å². The molecule has 0 saturated carbocycles. The number of hydrogen-bond donors (Lipinski definition) is 1. The molecule has 1 unspecified atom stereocenters. The molecule has 0 heterocycles. The number of benzene rings is 1. The minimum absolute atomic E-state index is 0.00623. The van der Waals surface area contributed by atoms with Crippen LogP contribution in [-0.4, -0.2) is 25.0 Å². The lowest BCUT2D eigenvalue weighted by molar-refractivity contribution is -0.146. The Morgan fingerprint density at radius 1 is 1.26 bits per heavy atom. The van der Waals surface area contributed by atoms with Crippen LogP contribution in [0.15, 0.2) is 24.3 Å². The predicted molar refractivity (Wildman–Crippen MR) is 73.7 cm³/mol. The number of nitrogens with one attached hydrogen (secondary N) is 1. The highest BCUT2D eigenvalue weighted by molar-refractivity contribution is 5.85. The fourth-order valence-electron chi connectivity index (χ4n) is 1.83. The first-order valence-electron chi connectivity index (χ1n) is 6.37. The summed E-state index contributed by atoms with van der Waals surface area (Å²) in [5, 5.41) is 2.73. The molecule has 0 aliphatic rings. The summed E-state index contributed by atoms with van der Waals surface area (Å²) in [5.41, 5.74) is 2.03. The third kappa shape index (κ3) is 4.39. The van der Waals surface area contributed by atoms with E-state index in [0.29, 0.717) is 0 Å². The van der Waals surface area contributed by atoms with E-state index in [2.05, 4.69) is 5.32 Å². The van der Waals surface area contributed by atoms with E-state index >= 15 is 0 Å². The Labute approximate surface area is 114 Å². The molecule has 1 aromatic carbocycles. The molecule has 0 bridgehead atoms. The molecule has 104 valence electrons. The van der Waals surface area contributed by atoms with Gasteiger partial charge >= 0.3 is 5.97 Å². The summed E-state index contributed by atoms with van der Waals surface area (Å²) < 4.78 is 4.69. The molecule has 4 heteroatoms. The normalized spacial score (nSPS) is 12.1. The molecule has 1 amide bonds. The minimum atomic E-state index is -0.596. The van der Waals surface area contributed by atoms with Crippen molar-refractivity contribution in [2.45, 2.75) is 33.2 Å². The molecule has 0 fully saturated rings. The van der Waals surface area contributed by atoms with Crippen molar-refractivity contribution in [1.29, 1.82) is 0 Å². The quantitative estimate of drug-likeness (QED) is 0.825. The maximum atomic E-state index is 12.0. The van der Waals surface area contributed by atoms with Crippen LogP contribution in [0.1, 0.15) is 25.0 Å². The molecular formula is C15H21NO3. The van der Waals surface area contributed by atoms with Gasteiger partial charge in [0.05, 0.1) is 13.5 Å². The lowest BCUT2D eigenvalue weighted by atomic mass is 10.0. The maximum Gasteiger partial charge on any atom is 0.328 e. The van der Waals surface area contributed by atoms with E-state index in [1.165, 1.54) is 7.11 Å². The average molecular weight is 263 g/mol. The van der Waals surface area contributed by atoms with Gasteiger partial charge in [0.1, 0.15) is 6.04 Å². The number of aryl methyl sites for hydroxylation is 1. The summed E-state index contributed by atoms with van der Waals surface area (Å²) in [5.74, 6) is -0.584. The Bertz CT molecular complexity index is 454. The van der Waals surface area contributed by atoms with Gasteiger partial charge in [0.15, 0.2) is 0 Å². The Kier molecular flexibility index (Phi) is 5.55. The lowest BCUT2D eigenvalue weighted by Crippen LogP contribution is -2.45. The van der Waals surface area contributed by atoms with Crippen LogP contribution in [0.25, 0.3) is 0 Å². The van der Waals surface area contributed by atoms with Crippen molar-refractivity contribution in [3.05, 3.63) is 35.4 Å². The number of hydrogen-bond acceptors (Lipinski definition) is 3. The highest BCUT2D eigenvalue weighted by atomic mass is 16.5. The van der Waals surface area contributed by atoms with Crippen LogP contribution in [0.2, 0.25) is 0 Å². The van der Waals surface area contributed by atoms with E-state index in [1.807, 2.05) is 45.0 Å². The number of esters is 1. The van der Waals surface area contributed by atoms with Crippen LogP contribution in [0, 0.1) is 12.8 Å². The minimum Gasteiger partial charge on any atom is -0.467 e. The van der Waals surface area contributed by atoms with E-state index in [1.54, 1.807) is 0 Å². The topological polar surface area (TPSA) is 55.4 Å². The van der Waals surface area contributed by atoms with Gasteiger partial charge in [0.2, 0.25) is 5.91 Å².